The molecule has 186 valence electrons. The number of esters is 1. The fourth-order valence-electron chi connectivity index (χ4n) is 3.37. The van der Waals surface area contributed by atoms with Gasteiger partial charge in [0.2, 0.25) is 0 Å². The molecular formula is C26H31BrN4O4. The normalized spacial score (nSPS) is 12.7. The highest BCUT2D eigenvalue weighted by molar-refractivity contribution is 9.10. The van der Waals surface area contributed by atoms with E-state index in [4.69, 9.17) is 14.5 Å². The van der Waals surface area contributed by atoms with Crippen molar-refractivity contribution in [2.45, 2.75) is 46.1 Å². The van der Waals surface area contributed by atoms with Crippen LogP contribution in [-0.4, -0.2) is 48.7 Å². The number of halogens is 1. The summed E-state index contributed by atoms with van der Waals surface area (Å²) in [5.41, 5.74) is 1.39. The second-order valence-electron chi connectivity index (χ2n) is 9.34. The molecule has 1 heterocycles. The molecule has 0 bridgehead atoms. The molecule has 2 aromatic carbocycles. The fourth-order valence-corrected chi connectivity index (χ4v) is 3.73. The molecule has 0 aliphatic carbocycles. The lowest BCUT2D eigenvalue weighted by atomic mass is 9.95. The van der Waals surface area contributed by atoms with E-state index in [1.807, 2.05) is 70.1 Å². The Morgan fingerprint density at radius 2 is 1.94 bits per heavy atom. The highest BCUT2D eigenvalue weighted by atomic mass is 79.9. The highest BCUT2D eigenvalue weighted by Crippen LogP contribution is 2.26. The number of fused-ring (bicyclic) bond motifs is 1. The number of carbonyl (C=O) groups is 1. The summed E-state index contributed by atoms with van der Waals surface area (Å²) < 4.78 is 13.1. The van der Waals surface area contributed by atoms with E-state index in [0.717, 1.165) is 10.2 Å². The number of aromatic nitrogens is 2. The fraction of sp³-hybridized carbons (Fsp3) is 0.385. The van der Waals surface area contributed by atoms with Gasteiger partial charge in [-0.05, 0) is 44.2 Å². The largest absolute Gasteiger partial charge is 0.478 e. The van der Waals surface area contributed by atoms with Crippen molar-refractivity contribution in [1.29, 1.82) is 0 Å². The Morgan fingerprint density at radius 1 is 1.23 bits per heavy atom. The Kier molecular flexibility index (Phi) is 8.00. The summed E-state index contributed by atoms with van der Waals surface area (Å²) in [6.07, 6.45) is 0.737. The lowest BCUT2D eigenvalue weighted by Gasteiger charge is -2.21. The predicted octanol–water partition coefficient (Wildman–Crippen LogP) is 4.74. The Hall–Kier alpha value is -3.20. The minimum atomic E-state index is -0.813. The molecule has 0 saturated heterocycles. The van der Waals surface area contributed by atoms with Crippen LogP contribution < -0.4 is 15.2 Å². The number of carbonyl (C=O) groups excluding carboxylic acids is 1. The van der Waals surface area contributed by atoms with E-state index in [-0.39, 0.29) is 12.2 Å². The van der Waals surface area contributed by atoms with Gasteiger partial charge in [0.05, 0.1) is 23.7 Å². The molecule has 0 amide bonds. The molecule has 1 aromatic heterocycles. The Labute approximate surface area is 213 Å². The van der Waals surface area contributed by atoms with E-state index >= 15 is 0 Å². The Balaban J connectivity index is 2.13. The van der Waals surface area contributed by atoms with Crippen molar-refractivity contribution in [3.8, 4) is 5.75 Å². The van der Waals surface area contributed by atoms with E-state index in [2.05, 4.69) is 21.0 Å². The van der Waals surface area contributed by atoms with Crippen LogP contribution in [0.25, 0.3) is 10.9 Å². The molecule has 0 radical (unpaired) electrons. The van der Waals surface area contributed by atoms with Crippen LogP contribution in [0.5, 0.6) is 5.75 Å². The van der Waals surface area contributed by atoms with E-state index in [1.165, 1.54) is 4.68 Å². The summed E-state index contributed by atoms with van der Waals surface area (Å²) in [5, 5.41) is 5.00. The molecule has 0 unspecified atom stereocenters. The third kappa shape index (κ3) is 6.08. The van der Waals surface area contributed by atoms with Crippen LogP contribution in [0.4, 0.5) is 5.69 Å². The van der Waals surface area contributed by atoms with Gasteiger partial charge in [-0.15, -0.1) is 0 Å². The summed E-state index contributed by atoms with van der Waals surface area (Å²) in [5.74, 6) is 0.518. The third-order valence-corrected chi connectivity index (χ3v) is 5.72. The second kappa shape index (κ2) is 10.6. The maximum atomic E-state index is 13.4. The summed E-state index contributed by atoms with van der Waals surface area (Å²) in [6, 6.07) is 11.0. The number of rotatable bonds is 7. The van der Waals surface area contributed by atoms with Gasteiger partial charge < -0.3 is 14.4 Å². The average molecular weight is 543 g/mol. The summed E-state index contributed by atoms with van der Waals surface area (Å²) >= 11 is 3.43. The first kappa shape index (κ1) is 26.4. The van der Waals surface area contributed by atoms with Gasteiger partial charge >= 0.3 is 5.97 Å². The number of nitrogens with zero attached hydrogens (tertiary/aromatic N) is 4. The maximum Gasteiger partial charge on any atom is 0.347 e. The van der Waals surface area contributed by atoms with Crippen LogP contribution in [0.3, 0.4) is 0 Å². The number of benzene rings is 2. The van der Waals surface area contributed by atoms with Gasteiger partial charge in [-0.2, -0.15) is 9.78 Å². The van der Waals surface area contributed by atoms with E-state index in [0.29, 0.717) is 28.0 Å². The summed E-state index contributed by atoms with van der Waals surface area (Å²) in [4.78, 5) is 32.3. The maximum absolute atomic E-state index is 13.4. The Bertz CT molecular complexity index is 1330. The van der Waals surface area contributed by atoms with E-state index < -0.39 is 17.5 Å². The molecule has 0 aliphatic rings. The van der Waals surface area contributed by atoms with Crippen molar-refractivity contribution in [2.75, 3.05) is 25.6 Å². The standard InChI is InChI=1S/C26H31BrN4O4/c1-8-34-24(33)16(2)35-22-14-19(30(6)7)11-9-17(22)15-28-31-23(32)20-13-18(27)10-12-21(20)29-25(31)26(3,4)5/h9-16H,8H2,1-7H3/t16-/m1/s1. The van der Waals surface area contributed by atoms with Crippen molar-refractivity contribution >= 4 is 44.7 Å². The zero-order valence-corrected chi connectivity index (χ0v) is 22.7. The molecule has 9 heteroatoms. The molecule has 0 spiro atoms. The van der Waals surface area contributed by atoms with Gasteiger partial charge in [0.25, 0.3) is 5.56 Å². The smallest absolute Gasteiger partial charge is 0.347 e. The Morgan fingerprint density at radius 3 is 2.57 bits per heavy atom. The minimum absolute atomic E-state index is 0.266. The van der Waals surface area contributed by atoms with Crippen molar-refractivity contribution < 1.29 is 14.3 Å². The first-order chi connectivity index (χ1) is 16.4. The molecule has 35 heavy (non-hydrogen) atoms. The predicted molar refractivity (Wildman–Crippen MR) is 143 cm³/mol. The highest BCUT2D eigenvalue weighted by Gasteiger charge is 2.23. The molecule has 0 saturated carbocycles. The molecule has 0 N–H and O–H groups in total. The monoisotopic (exact) mass is 542 g/mol. The summed E-state index contributed by atoms with van der Waals surface area (Å²) in [7, 11) is 3.82. The second-order valence-corrected chi connectivity index (χ2v) is 10.3. The van der Waals surface area contributed by atoms with Gasteiger partial charge in [0, 0.05) is 41.3 Å². The SMILES string of the molecule is CCOC(=O)[C@@H](C)Oc1cc(N(C)C)ccc1C=Nn1c(C(C)(C)C)nc2ccc(Br)cc2c1=O. The van der Waals surface area contributed by atoms with Gasteiger partial charge in [-0.1, -0.05) is 36.7 Å². The van der Waals surface area contributed by atoms with Crippen LogP contribution in [0.1, 0.15) is 46.0 Å². The van der Waals surface area contributed by atoms with Crippen LogP contribution >= 0.6 is 15.9 Å². The van der Waals surface area contributed by atoms with Gasteiger partial charge in [0.15, 0.2) is 6.10 Å². The van der Waals surface area contributed by atoms with Crippen molar-refractivity contribution in [2.24, 2.45) is 5.10 Å². The quantitative estimate of drug-likeness (QED) is 0.316. The van der Waals surface area contributed by atoms with Crippen molar-refractivity contribution in [3.63, 3.8) is 0 Å². The van der Waals surface area contributed by atoms with E-state index in [9.17, 15) is 9.59 Å². The zero-order chi connectivity index (χ0) is 25.9. The van der Waals surface area contributed by atoms with Gasteiger partial charge in [-0.25, -0.2) is 9.78 Å². The first-order valence-electron chi connectivity index (χ1n) is 11.3. The van der Waals surface area contributed by atoms with E-state index in [1.54, 1.807) is 26.1 Å². The van der Waals surface area contributed by atoms with Gasteiger partial charge in [0.1, 0.15) is 11.6 Å². The molecule has 8 nitrogen and oxygen atoms in total. The molecule has 0 fully saturated rings. The summed E-state index contributed by atoms with van der Waals surface area (Å²) in [6.45, 7) is 9.58. The lowest BCUT2D eigenvalue weighted by molar-refractivity contribution is -0.150. The molecule has 0 aliphatic heterocycles. The third-order valence-electron chi connectivity index (χ3n) is 5.23. The number of anilines is 1. The van der Waals surface area contributed by atoms with Crippen molar-refractivity contribution in [3.05, 3.63) is 62.6 Å². The first-order valence-corrected chi connectivity index (χ1v) is 12.1. The molecule has 1 atom stereocenters. The molecule has 3 rings (SSSR count). The average Bonchev–Trinajstić information content (AvgIpc) is 2.78. The lowest BCUT2D eigenvalue weighted by Crippen LogP contribution is -2.29. The topological polar surface area (TPSA) is 86.0 Å². The zero-order valence-electron chi connectivity index (χ0n) is 21.1. The van der Waals surface area contributed by atoms with Crippen molar-refractivity contribution in [1.82, 2.24) is 9.66 Å². The van der Waals surface area contributed by atoms with Crippen LogP contribution in [0, 0.1) is 0 Å². The molecular weight excluding hydrogens is 512 g/mol. The minimum Gasteiger partial charge on any atom is -0.478 e. The van der Waals surface area contributed by atoms with Crippen LogP contribution in [0.2, 0.25) is 0 Å². The van der Waals surface area contributed by atoms with Crippen LogP contribution in [0.15, 0.2) is 50.8 Å². The van der Waals surface area contributed by atoms with Crippen LogP contribution in [-0.2, 0) is 14.9 Å². The number of ether oxygens (including phenoxy) is 2. The molecule has 3 aromatic rings. The van der Waals surface area contributed by atoms with Gasteiger partial charge in [-0.3, -0.25) is 4.79 Å². The number of hydrogen-bond donors (Lipinski definition) is 0. The number of hydrogen-bond acceptors (Lipinski definition) is 7.